The van der Waals surface area contributed by atoms with Crippen molar-refractivity contribution >= 4 is 12.8 Å². The van der Waals surface area contributed by atoms with Gasteiger partial charge >= 0.3 is 7.12 Å². The maximum Gasteiger partial charge on any atom is 0.531 e. The molecule has 1 aromatic heterocycles. The summed E-state index contributed by atoms with van der Waals surface area (Å²) in [4.78, 5) is 0. The molecule has 2 rings (SSSR count). The summed E-state index contributed by atoms with van der Waals surface area (Å²) in [5, 5.41) is 0. The van der Waals surface area contributed by atoms with Crippen molar-refractivity contribution in [3.8, 4) is 0 Å². The van der Waals surface area contributed by atoms with Gasteiger partial charge in [-0.25, -0.2) is 0 Å². The number of rotatable bonds is 1. The van der Waals surface area contributed by atoms with Crippen molar-refractivity contribution in [3.05, 3.63) is 17.9 Å². The minimum Gasteiger partial charge on any atom is -0.470 e. The number of aryl methyl sites for hydroxylation is 1. The molecule has 0 spiro atoms. The van der Waals surface area contributed by atoms with Crippen molar-refractivity contribution in [1.82, 2.24) is 0 Å². The van der Waals surface area contributed by atoms with Gasteiger partial charge in [-0.05, 0) is 19.1 Å². The Bertz CT molecular complexity index is 240. The molecular weight excluding hydrogens is 143 g/mol. The number of furan rings is 1. The molecule has 1 fully saturated rings. The van der Waals surface area contributed by atoms with Crippen LogP contribution in [-0.2, 0) is 9.31 Å². The fraction of sp³-hybridized carbons (Fsp3) is 0.429. The first-order valence-corrected chi connectivity index (χ1v) is 3.66. The van der Waals surface area contributed by atoms with Crippen molar-refractivity contribution in [2.75, 3.05) is 13.2 Å². The maximum absolute atomic E-state index is 5.32. The van der Waals surface area contributed by atoms with Gasteiger partial charge < -0.3 is 13.7 Å². The molecule has 3 nitrogen and oxygen atoms in total. The van der Waals surface area contributed by atoms with Gasteiger partial charge in [0, 0.05) is 0 Å². The molecule has 0 radical (unpaired) electrons. The lowest BCUT2D eigenvalue weighted by atomic mass is 9.87. The molecule has 0 amide bonds. The summed E-state index contributed by atoms with van der Waals surface area (Å²) >= 11 is 0. The van der Waals surface area contributed by atoms with E-state index in [9.17, 15) is 0 Å². The highest BCUT2D eigenvalue weighted by Crippen LogP contribution is 2.03. The summed E-state index contributed by atoms with van der Waals surface area (Å²) in [6.07, 6.45) is 0. The molecule has 1 saturated heterocycles. The first kappa shape index (κ1) is 6.94. The van der Waals surface area contributed by atoms with Crippen LogP contribution in [0.1, 0.15) is 5.76 Å². The Balaban J connectivity index is 2.15. The Morgan fingerprint density at radius 3 is 2.55 bits per heavy atom. The zero-order chi connectivity index (χ0) is 7.68. The predicted molar refractivity (Wildman–Crippen MR) is 40.7 cm³/mol. The second-order valence-corrected chi connectivity index (χ2v) is 2.52. The predicted octanol–water partition coefficient (Wildman–Crippen LogP) is 0.330. The summed E-state index contributed by atoms with van der Waals surface area (Å²) in [6.45, 7) is 3.22. The van der Waals surface area contributed by atoms with Gasteiger partial charge in [0.2, 0.25) is 0 Å². The van der Waals surface area contributed by atoms with Crippen LogP contribution in [0.5, 0.6) is 0 Å². The van der Waals surface area contributed by atoms with Gasteiger partial charge in [0.25, 0.3) is 0 Å². The second kappa shape index (κ2) is 2.72. The van der Waals surface area contributed by atoms with E-state index in [0.717, 1.165) is 11.4 Å². The average Bonchev–Trinajstić information content (AvgIpc) is 2.55. The van der Waals surface area contributed by atoms with Gasteiger partial charge in [0.1, 0.15) is 5.66 Å². The Hall–Kier alpha value is -0.735. The topological polar surface area (TPSA) is 31.6 Å². The van der Waals surface area contributed by atoms with Gasteiger partial charge in [-0.2, -0.15) is 0 Å². The molecule has 2 heterocycles. The Kier molecular flexibility index (Phi) is 1.71. The minimum absolute atomic E-state index is 0.274. The van der Waals surface area contributed by atoms with Crippen LogP contribution in [0.25, 0.3) is 0 Å². The van der Waals surface area contributed by atoms with Crippen molar-refractivity contribution in [3.63, 3.8) is 0 Å². The summed E-state index contributed by atoms with van der Waals surface area (Å²) < 4.78 is 15.8. The van der Waals surface area contributed by atoms with E-state index in [0.29, 0.717) is 13.2 Å². The molecule has 0 bridgehead atoms. The van der Waals surface area contributed by atoms with E-state index in [4.69, 9.17) is 13.7 Å². The monoisotopic (exact) mass is 152 g/mol. The van der Waals surface area contributed by atoms with Crippen LogP contribution in [0.3, 0.4) is 0 Å². The molecule has 11 heavy (non-hydrogen) atoms. The lowest BCUT2D eigenvalue weighted by Crippen LogP contribution is -2.30. The molecule has 1 aliphatic rings. The van der Waals surface area contributed by atoms with Crippen LogP contribution in [-0.4, -0.2) is 20.3 Å². The molecule has 58 valence electrons. The van der Waals surface area contributed by atoms with Crippen LogP contribution in [0.4, 0.5) is 0 Å². The van der Waals surface area contributed by atoms with Gasteiger partial charge in [-0.1, -0.05) is 0 Å². The first-order chi connectivity index (χ1) is 5.36. The quantitative estimate of drug-likeness (QED) is 0.543. The third-order valence-corrected chi connectivity index (χ3v) is 1.62. The van der Waals surface area contributed by atoms with Gasteiger partial charge in [0.15, 0.2) is 0 Å². The van der Waals surface area contributed by atoms with E-state index in [2.05, 4.69) is 0 Å². The molecule has 0 unspecified atom stereocenters. The van der Waals surface area contributed by atoms with E-state index in [1.807, 2.05) is 19.1 Å². The molecule has 0 aromatic carbocycles. The zero-order valence-electron chi connectivity index (χ0n) is 6.37. The summed E-state index contributed by atoms with van der Waals surface area (Å²) in [7, 11) is -0.274. The fourth-order valence-corrected chi connectivity index (χ4v) is 1.10. The molecule has 1 aromatic rings. The van der Waals surface area contributed by atoms with Crippen LogP contribution >= 0.6 is 0 Å². The largest absolute Gasteiger partial charge is 0.531 e. The maximum atomic E-state index is 5.32. The molecule has 4 heteroatoms. The highest BCUT2D eigenvalue weighted by atomic mass is 16.6. The van der Waals surface area contributed by atoms with Gasteiger partial charge in [-0.3, -0.25) is 0 Å². The summed E-state index contributed by atoms with van der Waals surface area (Å²) in [5.41, 5.74) is 0.764. The molecule has 0 saturated carbocycles. The zero-order valence-corrected chi connectivity index (χ0v) is 6.37. The lowest BCUT2D eigenvalue weighted by Gasteiger charge is -1.97. The van der Waals surface area contributed by atoms with E-state index in [1.165, 1.54) is 0 Å². The third kappa shape index (κ3) is 1.32. The Morgan fingerprint density at radius 1 is 1.27 bits per heavy atom. The van der Waals surface area contributed by atoms with Crippen LogP contribution < -0.4 is 5.66 Å². The lowest BCUT2D eigenvalue weighted by molar-refractivity contribution is 0.365. The highest BCUT2D eigenvalue weighted by Gasteiger charge is 2.29. The van der Waals surface area contributed by atoms with E-state index in [1.54, 1.807) is 0 Å². The van der Waals surface area contributed by atoms with Crippen molar-refractivity contribution in [1.29, 1.82) is 0 Å². The van der Waals surface area contributed by atoms with Crippen molar-refractivity contribution < 1.29 is 13.7 Å². The third-order valence-electron chi connectivity index (χ3n) is 1.62. The van der Waals surface area contributed by atoms with Crippen LogP contribution in [0.2, 0.25) is 0 Å². The standard InChI is InChI=1S/C7H9BO3/c1-6-2-3-7(11-6)8-9-4-5-10-8/h2-3H,4-5H2,1H3. The molecule has 0 N–H and O–H groups in total. The Labute approximate surface area is 65.4 Å². The second-order valence-electron chi connectivity index (χ2n) is 2.52. The van der Waals surface area contributed by atoms with Crippen molar-refractivity contribution in [2.24, 2.45) is 0 Å². The molecule has 0 aliphatic carbocycles. The molecule has 0 atom stereocenters. The summed E-state index contributed by atoms with van der Waals surface area (Å²) in [5.74, 6) is 0.888. The fourth-order valence-electron chi connectivity index (χ4n) is 1.10. The summed E-state index contributed by atoms with van der Waals surface area (Å²) in [6, 6.07) is 3.78. The SMILES string of the molecule is Cc1ccc(B2OCCO2)o1. The van der Waals surface area contributed by atoms with Gasteiger partial charge in [-0.15, -0.1) is 0 Å². The van der Waals surface area contributed by atoms with Crippen molar-refractivity contribution in [2.45, 2.75) is 6.92 Å². The normalized spacial score (nSPS) is 17.7. The smallest absolute Gasteiger partial charge is 0.470 e. The van der Waals surface area contributed by atoms with Gasteiger partial charge in [0.05, 0.1) is 19.0 Å². The minimum atomic E-state index is -0.274. The molecular formula is C7H9BO3. The number of hydrogen-bond acceptors (Lipinski definition) is 3. The average molecular weight is 152 g/mol. The first-order valence-electron chi connectivity index (χ1n) is 3.66. The number of hydrogen-bond donors (Lipinski definition) is 0. The highest BCUT2D eigenvalue weighted by molar-refractivity contribution is 6.60. The van der Waals surface area contributed by atoms with Crippen LogP contribution in [0, 0.1) is 6.92 Å². The van der Waals surface area contributed by atoms with E-state index in [-0.39, 0.29) is 7.12 Å². The van der Waals surface area contributed by atoms with Crippen LogP contribution in [0.15, 0.2) is 16.5 Å². The molecule has 1 aliphatic heterocycles. The van der Waals surface area contributed by atoms with E-state index < -0.39 is 0 Å². The Morgan fingerprint density at radius 2 is 2.00 bits per heavy atom. The van der Waals surface area contributed by atoms with E-state index >= 15 is 0 Å².